The quantitative estimate of drug-likeness (QED) is 0.537. The van der Waals surface area contributed by atoms with Gasteiger partial charge >= 0.3 is 0 Å². The minimum Gasteiger partial charge on any atom is -0.436 e. The summed E-state index contributed by atoms with van der Waals surface area (Å²) in [5.74, 6) is 1.21. The van der Waals surface area contributed by atoms with E-state index in [-0.39, 0.29) is 0 Å². The summed E-state index contributed by atoms with van der Waals surface area (Å²) in [7, 11) is 0. The molecule has 2 aromatic carbocycles. The first kappa shape index (κ1) is 13.1. The fourth-order valence-corrected chi connectivity index (χ4v) is 2.64. The van der Waals surface area contributed by atoms with Crippen LogP contribution >= 0.6 is 0 Å². The lowest BCUT2D eigenvalue weighted by molar-refractivity contribution is 1.20. The summed E-state index contributed by atoms with van der Waals surface area (Å²) in [5, 5.41) is 0. The second-order valence-electron chi connectivity index (χ2n) is 5.94. The van der Waals surface area contributed by atoms with Crippen LogP contribution in [-0.2, 0) is 0 Å². The van der Waals surface area contributed by atoms with Crippen LogP contribution in [0.1, 0.15) is 22.3 Å². The molecule has 4 rings (SSSR count). The Balaban J connectivity index is 1.90. The number of imidazole rings is 2. The van der Waals surface area contributed by atoms with E-state index in [9.17, 15) is 0 Å². The van der Waals surface area contributed by atoms with E-state index in [1.807, 2.05) is 0 Å². The van der Waals surface area contributed by atoms with Gasteiger partial charge in [0.2, 0.25) is 0 Å². The van der Waals surface area contributed by atoms with Crippen molar-refractivity contribution in [2.24, 2.45) is 0 Å². The highest BCUT2D eigenvalue weighted by Gasteiger charge is 1.99. The molecule has 2 heterocycles. The van der Waals surface area contributed by atoms with Crippen LogP contribution in [0.4, 0.5) is 0 Å². The van der Waals surface area contributed by atoms with Gasteiger partial charge in [-0.25, -0.2) is 0 Å². The first-order chi connectivity index (χ1) is 10.5. The molecule has 0 amide bonds. The van der Waals surface area contributed by atoms with E-state index in [1.54, 1.807) is 0 Å². The SMILES string of the molecule is Cc1cc2nc(-c3nc4cc(C)c(C)cc4[n-]3)[n-]c2cc1C. The molecule has 0 bridgehead atoms. The van der Waals surface area contributed by atoms with Crippen molar-refractivity contribution in [2.75, 3.05) is 0 Å². The van der Waals surface area contributed by atoms with Crippen LogP contribution in [0, 0.1) is 27.7 Å². The lowest BCUT2D eigenvalue weighted by atomic mass is 10.1. The van der Waals surface area contributed by atoms with Crippen molar-refractivity contribution in [3.8, 4) is 11.6 Å². The van der Waals surface area contributed by atoms with E-state index in [4.69, 9.17) is 0 Å². The minimum absolute atomic E-state index is 0.603. The van der Waals surface area contributed by atoms with Crippen LogP contribution in [0.2, 0.25) is 0 Å². The average molecular weight is 288 g/mol. The first-order valence-corrected chi connectivity index (χ1v) is 7.35. The fraction of sp³-hybridized carbons (Fsp3) is 0.222. The van der Waals surface area contributed by atoms with Crippen LogP contribution in [0.3, 0.4) is 0 Å². The number of hydrogen-bond acceptors (Lipinski definition) is 2. The highest BCUT2D eigenvalue weighted by molar-refractivity contribution is 5.83. The maximum absolute atomic E-state index is 4.59. The molecule has 22 heavy (non-hydrogen) atoms. The number of benzene rings is 2. The Hall–Kier alpha value is -2.62. The molecule has 0 atom stereocenters. The van der Waals surface area contributed by atoms with Crippen molar-refractivity contribution in [2.45, 2.75) is 27.7 Å². The van der Waals surface area contributed by atoms with E-state index < -0.39 is 0 Å². The van der Waals surface area contributed by atoms with Crippen LogP contribution < -0.4 is 9.97 Å². The lowest BCUT2D eigenvalue weighted by Gasteiger charge is -2.05. The summed E-state index contributed by atoms with van der Waals surface area (Å²) >= 11 is 0. The van der Waals surface area contributed by atoms with E-state index in [0.29, 0.717) is 11.6 Å². The summed E-state index contributed by atoms with van der Waals surface area (Å²) in [6, 6.07) is 8.27. The van der Waals surface area contributed by atoms with Crippen LogP contribution in [0.5, 0.6) is 0 Å². The third kappa shape index (κ3) is 1.91. The number of nitrogens with zero attached hydrogens (tertiary/aromatic N) is 4. The number of aromatic nitrogens is 4. The normalized spacial score (nSPS) is 11.6. The molecular weight excluding hydrogens is 272 g/mol. The zero-order valence-corrected chi connectivity index (χ0v) is 13.1. The van der Waals surface area contributed by atoms with Crippen molar-refractivity contribution in [3.05, 3.63) is 46.5 Å². The Morgan fingerprint density at radius 1 is 0.591 bits per heavy atom. The van der Waals surface area contributed by atoms with E-state index in [2.05, 4.69) is 71.9 Å². The predicted octanol–water partition coefficient (Wildman–Crippen LogP) is 3.60. The Morgan fingerprint density at radius 3 is 1.36 bits per heavy atom. The van der Waals surface area contributed by atoms with Crippen LogP contribution in [0.25, 0.3) is 33.7 Å². The predicted molar refractivity (Wildman–Crippen MR) is 88.1 cm³/mol. The van der Waals surface area contributed by atoms with Crippen LogP contribution in [0.15, 0.2) is 24.3 Å². The zero-order valence-electron chi connectivity index (χ0n) is 13.1. The van der Waals surface area contributed by atoms with Gasteiger partial charge in [-0.05, 0) is 72.0 Å². The zero-order chi connectivity index (χ0) is 15.4. The molecule has 0 fully saturated rings. The average Bonchev–Trinajstić information content (AvgIpc) is 3.03. The number of fused-ring (bicyclic) bond motifs is 2. The maximum atomic E-state index is 4.59. The standard InChI is InChI=1S/C18H16N4/c1-9-5-13-14(6-10(9)2)20-17(19-13)18-21-15-7-11(3)12(4)8-16(15)22-18/h5-8H,1-4H3/q-2. The molecule has 4 nitrogen and oxygen atoms in total. The third-order valence-electron chi connectivity index (χ3n) is 4.29. The molecule has 110 valence electrons. The number of aryl methyl sites for hydroxylation is 4. The summed E-state index contributed by atoms with van der Waals surface area (Å²) < 4.78 is 0. The smallest absolute Gasteiger partial charge is 0.0379 e. The van der Waals surface area contributed by atoms with Gasteiger partial charge in [0.05, 0.1) is 0 Å². The first-order valence-electron chi connectivity index (χ1n) is 7.35. The molecule has 4 aromatic rings. The van der Waals surface area contributed by atoms with Crippen molar-refractivity contribution in [3.63, 3.8) is 0 Å². The topological polar surface area (TPSA) is 54.0 Å². The molecule has 0 radical (unpaired) electrons. The van der Waals surface area contributed by atoms with Gasteiger partial charge in [-0.3, -0.25) is 0 Å². The number of rotatable bonds is 1. The second-order valence-corrected chi connectivity index (χ2v) is 5.94. The molecule has 0 aliphatic heterocycles. The Labute approximate surface area is 128 Å². The molecule has 0 saturated carbocycles. The minimum atomic E-state index is 0.603. The highest BCUT2D eigenvalue weighted by atomic mass is 15.0. The van der Waals surface area contributed by atoms with Gasteiger partial charge < -0.3 is 19.9 Å². The van der Waals surface area contributed by atoms with Crippen molar-refractivity contribution in [1.82, 2.24) is 19.9 Å². The molecule has 2 aromatic heterocycles. The summed E-state index contributed by atoms with van der Waals surface area (Å²) in [4.78, 5) is 18.4. The monoisotopic (exact) mass is 288 g/mol. The molecule has 0 saturated heterocycles. The largest absolute Gasteiger partial charge is 0.436 e. The molecule has 0 aliphatic rings. The molecule has 0 aliphatic carbocycles. The summed E-state index contributed by atoms with van der Waals surface area (Å²) in [5.41, 5.74) is 8.49. The number of hydrogen-bond donors (Lipinski definition) is 0. The summed E-state index contributed by atoms with van der Waals surface area (Å²) in [6.45, 7) is 8.34. The molecule has 4 heteroatoms. The fourth-order valence-electron chi connectivity index (χ4n) is 2.64. The van der Waals surface area contributed by atoms with E-state index in [0.717, 1.165) is 22.1 Å². The molecular formula is C18H16N4-2. The van der Waals surface area contributed by atoms with Gasteiger partial charge in [-0.15, -0.1) is 0 Å². The maximum Gasteiger partial charge on any atom is -0.0379 e. The van der Waals surface area contributed by atoms with Gasteiger partial charge in [-0.1, -0.05) is 35.9 Å². The Kier molecular flexibility index (Phi) is 2.64. The van der Waals surface area contributed by atoms with Crippen LogP contribution in [-0.4, -0.2) is 9.97 Å². The second kappa shape index (κ2) is 4.44. The van der Waals surface area contributed by atoms with Gasteiger partial charge in [0.25, 0.3) is 0 Å². The lowest BCUT2D eigenvalue weighted by Crippen LogP contribution is -1.86. The molecule has 0 spiro atoms. The van der Waals surface area contributed by atoms with Crippen molar-refractivity contribution >= 4 is 22.1 Å². The van der Waals surface area contributed by atoms with E-state index >= 15 is 0 Å². The van der Waals surface area contributed by atoms with Crippen molar-refractivity contribution in [1.29, 1.82) is 0 Å². The van der Waals surface area contributed by atoms with Gasteiger partial charge in [0.15, 0.2) is 0 Å². The molecule has 0 unspecified atom stereocenters. The summed E-state index contributed by atoms with van der Waals surface area (Å²) in [6.07, 6.45) is 0. The Bertz CT molecular complexity index is 859. The Morgan fingerprint density at radius 2 is 0.955 bits per heavy atom. The third-order valence-corrected chi connectivity index (χ3v) is 4.29. The molecule has 0 N–H and O–H groups in total. The van der Waals surface area contributed by atoms with Gasteiger partial charge in [0.1, 0.15) is 0 Å². The van der Waals surface area contributed by atoms with Gasteiger partial charge in [-0.2, -0.15) is 0 Å². The van der Waals surface area contributed by atoms with E-state index in [1.165, 1.54) is 22.3 Å². The van der Waals surface area contributed by atoms with Gasteiger partial charge in [0, 0.05) is 0 Å². The highest BCUT2D eigenvalue weighted by Crippen LogP contribution is 2.23. The van der Waals surface area contributed by atoms with Crippen molar-refractivity contribution < 1.29 is 0 Å².